The summed E-state index contributed by atoms with van der Waals surface area (Å²) >= 11 is 1.43. The van der Waals surface area contributed by atoms with Crippen molar-refractivity contribution in [2.75, 3.05) is 18.1 Å². The summed E-state index contributed by atoms with van der Waals surface area (Å²) in [6.07, 6.45) is 0. The van der Waals surface area contributed by atoms with E-state index in [0.717, 1.165) is 15.8 Å². The van der Waals surface area contributed by atoms with E-state index in [4.69, 9.17) is 14.5 Å². The highest BCUT2D eigenvalue weighted by Gasteiger charge is 2.22. The summed E-state index contributed by atoms with van der Waals surface area (Å²) in [6, 6.07) is 21.0. The SMILES string of the molecule is CCOc1cccc2sc(N(Cc3ccccc3)C(=O)COc3ccc(F)cc3)nc12. The lowest BCUT2D eigenvalue weighted by Crippen LogP contribution is -2.34. The van der Waals surface area contributed by atoms with E-state index >= 15 is 0 Å². The predicted molar refractivity (Wildman–Crippen MR) is 120 cm³/mol. The van der Waals surface area contributed by atoms with E-state index < -0.39 is 0 Å². The number of hydrogen-bond acceptors (Lipinski definition) is 5. The van der Waals surface area contributed by atoms with Gasteiger partial charge in [-0.25, -0.2) is 9.37 Å². The van der Waals surface area contributed by atoms with Crippen molar-refractivity contribution < 1.29 is 18.7 Å². The number of fused-ring (bicyclic) bond motifs is 1. The minimum atomic E-state index is -0.357. The Labute approximate surface area is 183 Å². The van der Waals surface area contributed by atoms with E-state index in [1.807, 2.05) is 55.5 Å². The topological polar surface area (TPSA) is 51.7 Å². The molecule has 4 aromatic rings. The first-order valence-electron chi connectivity index (χ1n) is 9.89. The molecule has 31 heavy (non-hydrogen) atoms. The Bertz CT molecular complexity index is 1160. The van der Waals surface area contributed by atoms with Crippen LogP contribution in [-0.4, -0.2) is 24.1 Å². The lowest BCUT2D eigenvalue weighted by atomic mass is 10.2. The number of amides is 1. The standard InChI is InChI=1S/C24H21FN2O3S/c1-2-29-20-9-6-10-21-23(20)26-24(31-21)27(15-17-7-4-3-5-8-17)22(28)16-30-19-13-11-18(25)12-14-19/h3-14H,2,15-16H2,1H3. The fourth-order valence-corrected chi connectivity index (χ4v) is 4.08. The zero-order chi connectivity index (χ0) is 21.6. The molecular weight excluding hydrogens is 415 g/mol. The lowest BCUT2D eigenvalue weighted by Gasteiger charge is -2.20. The van der Waals surface area contributed by atoms with Crippen LogP contribution in [0.15, 0.2) is 72.8 Å². The third kappa shape index (κ3) is 5.00. The summed E-state index contributed by atoms with van der Waals surface area (Å²) < 4.78 is 25.3. The Kier molecular flexibility index (Phi) is 6.43. The van der Waals surface area contributed by atoms with Crippen molar-refractivity contribution in [3.63, 3.8) is 0 Å². The van der Waals surface area contributed by atoms with Crippen molar-refractivity contribution in [2.24, 2.45) is 0 Å². The molecule has 158 valence electrons. The number of nitrogens with zero attached hydrogens (tertiary/aromatic N) is 2. The molecule has 0 spiro atoms. The van der Waals surface area contributed by atoms with Gasteiger partial charge in [0.1, 0.15) is 22.8 Å². The fraction of sp³-hybridized carbons (Fsp3) is 0.167. The Morgan fingerprint density at radius 2 is 1.77 bits per heavy atom. The van der Waals surface area contributed by atoms with Gasteiger partial charge in [-0.2, -0.15) is 0 Å². The number of carbonyl (C=O) groups excluding carboxylic acids is 1. The molecular formula is C24H21FN2O3S. The van der Waals surface area contributed by atoms with E-state index in [9.17, 15) is 9.18 Å². The monoisotopic (exact) mass is 436 g/mol. The molecule has 0 aliphatic heterocycles. The number of para-hydroxylation sites is 1. The lowest BCUT2D eigenvalue weighted by molar-refractivity contribution is -0.120. The number of aromatic nitrogens is 1. The van der Waals surface area contributed by atoms with Gasteiger partial charge >= 0.3 is 0 Å². The van der Waals surface area contributed by atoms with E-state index in [1.165, 1.54) is 35.6 Å². The number of carbonyl (C=O) groups is 1. The van der Waals surface area contributed by atoms with Crippen molar-refractivity contribution >= 4 is 32.6 Å². The first-order valence-corrected chi connectivity index (χ1v) is 10.7. The minimum absolute atomic E-state index is 0.188. The molecule has 0 radical (unpaired) electrons. The molecule has 4 rings (SSSR count). The molecule has 0 saturated carbocycles. The molecule has 1 aromatic heterocycles. The van der Waals surface area contributed by atoms with Gasteiger partial charge in [-0.05, 0) is 48.9 Å². The molecule has 0 N–H and O–H groups in total. The second kappa shape index (κ2) is 9.57. The van der Waals surface area contributed by atoms with Gasteiger partial charge in [-0.1, -0.05) is 47.7 Å². The summed E-state index contributed by atoms with van der Waals surface area (Å²) in [5.41, 5.74) is 1.71. The van der Waals surface area contributed by atoms with Gasteiger partial charge in [0.25, 0.3) is 5.91 Å². The first-order chi connectivity index (χ1) is 15.1. The average molecular weight is 437 g/mol. The average Bonchev–Trinajstić information content (AvgIpc) is 3.23. The highest BCUT2D eigenvalue weighted by atomic mass is 32.1. The summed E-state index contributed by atoms with van der Waals surface area (Å²) in [5, 5.41) is 0.568. The number of ether oxygens (including phenoxy) is 2. The van der Waals surface area contributed by atoms with Crippen molar-refractivity contribution in [1.29, 1.82) is 0 Å². The van der Waals surface area contributed by atoms with E-state index in [2.05, 4.69) is 0 Å². The number of halogens is 1. The maximum atomic E-state index is 13.1. The molecule has 0 fully saturated rings. The predicted octanol–water partition coefficient (Wildman–Crippen LogP) is 5.45. The number of rotatable bonds is 8. The van der Waals surface area contributed by atoms with Gasteiger partial charge in [-0.15, -0.1) is 0 Å². The molecule has 0 saturated heterocycles. The van der Waals surface area contributed by atoms with Gasteiger partial charge in [-0.3, -0.25) is 9.69 Å². The van der Waals surface area contributed by atoms with Crippen LogP contribution in [0.4, 0.5) is 9.52 Å². The molecule has 5 nitrogen and oxygen atoms in total. The second-order valence-corrected chi connectivity index (χ2v) is 7.75. The van der Waals surface area contributed by atoms with Gasteiger partial charge in [0.05, 0.1) is 17.9 Å². The highest BCUT2D eigenvalue weighted by Crippen LogP contribution is 2.35. The molecule has 0 aliphatic rings. The maximum Gasteiger partial charge on any atom is 0.267 e. The third-order valence-corrected chi connectivity index (χ3v) is 5.61. The van der Waals surface area contributed by atoms with Gasteiger partial charge in [0, 0.05) is 0 Å². The Morgan fingerprint density at radius 3 is 2.52 bits per heavy atom. The van der Waals surface area contributed by atoms with Crippen LogP contribution in [0.3, 0.4) is 0 Å². The van der Waals surface area contributed by atoms with Crippen molar-refractivity contribution in [3.05, 3.63) is 84.2 Å². The summed E-state index contributed by atoms with van der Waals surface area (Å²) in [7, 11) is 0. The third-order valence-electron chi connectivity index (χ3n) is 4.56. The van der Waals surface area contributed by atoms with Crippen LogP contribution in [0, 0.1) is 5.82 Å². The summed E-state index contributed by atoms with van der Waals surface area (Å²) in [4.78, 5) is 19.5. The van der Waals surface area contributed by atoms with Crippen molar-refractivity contribution in [1.82, 2.24) is 4.98 Å². The molecule has 0 bridgehead atoms. The van der Waals surface area contributed by atoms with Gasteiger partial charge in [0.15, 0.2) is 11.7 Å². The molecule has 0 aliphatic carbocycles. The van der Waals surface area contributed by atoms with Crippen LogP contribution < -0.4 is 14.4 Å². The highest BCUT2D eigenvalue weighted by molar-refractivity contribution is 7.22. The number of benzene rings is 3. The summed E-state index contributed by atoms with van der Waals surface area (Å²) in [5.74, 6) is 0.517. The van der Waals surface area contributed by atoms with Crippen molar-refractivity contribution in [2.45, 2.75) is 13.5 Å². The van der Waals surface area contributed by atoms with Crippen LogP contribution in [0.1, 0.15) is 12.5 Å². The molecule has 1 heterocycles. The quantitative estimate of drug-likeness (QED) is 0.369. The number of thiazole rings is 1. The largest absolute Gasteiger partial charge is 0.492 e. The van der Waals surface area contributed by atoms with Crippen LogP contribution in [0.5, 0.6) is 11.5 Å². The Balaban J connectivity index is 1.62. The molecule has 0 atom stereocenters. The van der Waals surface area contributed by atoms with Crippen molar-refractivity contribution in [3.8, 4) is 11.5 Å². The second-order valence-electron chi connectivity index (χ2n) is 6.74. The van der Waals surface area contributed by atoms with E-state index in [1.54, 1.807) is 4.90 Å². The fourth-order valence-electron chi connectivity index (χ4n) is 3.08. The van der Waals surface area contributed by atoms with E-state index in [-0.39, 0.29) is 18.3 Å². The van der Waals surface area contributed by atoms with Crippen LogP contribution in [0.25, 0.3) is 10.2 Å². The normalized spacial score (nSPS) is 10.8. The summed E-state index contributed by atoms with van der Waals surface area (Å²) in [6.45, 7) is 2.62. The zero-order valence-corrected chi connectivity index (χ0v) is 17.8. The molecule has 1 amide bonds. The molecule has 7 heteroatoms. The Hall–Kier alpha value is -3.45. The van der Waals surface area contributed by atoms with Crippen LogP contribution in [0.2, 0.25) is 0 Å². The zero-order valence-electron chi connectivity index (χ0n) is 17.0. The van der Waals surface area contributed by atoms with Gasteiger partial charge in [0.2, 0.25) is 0 Å². The maximum absolute atomic E-state index is 13.1. The Morgan fingerprint density at radius 1 is 1.00 bits per heavy atom. The number of hydrogen-bond donors (Lipinski definition) is 0. The van der Waals surface area contributed by atoms with Crippen LogP contribution in [-0.2, 0) is 11.3 Å². The molecule has 3 aromatic carbocycles. The molecule has 0 unspecified atom stereocenters. The van der Waals surface area contributed by atoms with Gasteiger partial charge < -0.3 is 9.47 Å². The number of anilines is 1. The smallest absolute Gasteiger partial charge is 0.267 e. The first kappa shape index (κ1) is 20.8. The van der Waals surface area contributed by atoms with E-state index in [0.29, 0.717) is 29.8 Å². The minimum Gasteiger partial charge on any atom is -0.492 e. The van der Waals surface area contributed by atoms with Crippen LogP contribution >= 0.6 is 11.3 Å².